The molecule has 0 amide bonds. The predicted molar refractivity (Wildman–Crippen MR) is 76.9 cm³/mol. The molecule has 2 rings (SSSR count). The van der Waals surface area contributed by atoms with Crippen LogP contribution in [-0.4, -0.2) is 15.2 Å². The van der Waals surface area contributed by atoms with Gasteiger partial charge in [0.1, 0.15) is 10.7 Å². The molecule has 2 aromatic rings. The minimum absolute atomic E-state index is 0.229. The second-order valence-electron chi connectivity index (χ2n) is 3.63. The molecule has 2 N–H and O–H groups in total. The number of thiocarbonyl (C=S) groups is 1. The van der Waals surface area contributed by atoms with Crippen LogP contribution in [0.25, 0.3) is 0 Å². The van der Waals surface area contributed by atoms with Crippen LogP contribution in [0.5, 0.6) is 11.6 Å². The molecule has 18 heavy (non-hydrogen) atoms. The monoisotopic (exact) mass is 323 g/mol. The van der Waals surface area contributed by atoms with E-state index >= 15 is 0 Å². The fourth-order valence-corrected chi connectivity index (χ4v) is 1.87. The van der Waals surface area contributed by atoms with Crippen LogP contribution in [0.1, 0.15) is 11.1 Å². The summed E-state index contributed by atoms with van der Waals surface area (Å²) in [5.41, 5.74) is 7.16. The van der Waals surface area contributed by atoms with Gasteiger partial charge in [-0.15, -0.1) is 5.10 Å². The molecular formula is C12H10BrN3OS. The maximum Gasteiger partial charge on any atom is 0.249 e. The number of rotatable bonds is 3. The van der Waals surface area contributed by atoms with E-state index < -0.39 is 0 Å². The molecule has 92 valence electrons. The quantitative estimate of drug-likeness (QED) is 0.880. The van der Waals surface area contributed by atoms with Crippen molar-refractivity contribution in [3.05, 3.63) is 46.1 Å². The topological polar surface area (TPSA) is 61.0 Å². The van der Waals surface area contributed by atoms with Crippen molar-refractivity contribution in [2.75, 3.05) is 0 Å². The SMILES string of the molecule is Cc1ccc(Br)cc1Oc1nnccc1C(N)=S. The molecular weight excluding hydrogens is 314 g/mol. The Balaban J connectivity index is 2.40. The fraction of sp³-hybridized carbons (Fsp3) is 0.0833. The highest BCUT2D eigenvalue weighted by atomic mass is 79.9. The van der Waals surface area contributed by atoms with Crippen molar-refractivity contribution in [2.45, 2.75) is 6.92 Å². The van der Waals surface area contributed by atoms with E-state index in [-0.39, 0.29) is 4.99 Å². The summed E-state index contributed by atoms with van der Waals surface area (Å²) in [7, 11) is 0. The maximum atomic E-state index is 5.71. The second-order valence-corrected chi connectivity index (χ2v) is 4.98. The van der Waals surface area contributed by atoms with Crippen molar-refractivity contribution < 1.29 is 4.74 Å². The van der Waals surface area contributed by atoms with Gasteiger partial charge < -0.3 is 10.5 Å². The predicted octanol–water partition coefficient (Wildman–Crippen LogP) is 2.97. The Morgan fingerprint density at radius 2 is 2.17 bits per heavy atom. The molecule has 0 spiro atoms. The van der Waals surface area contributed by atoms with Gasteiger partial charge >= 0.3 is 0 Å². The number of nitrogens with two attached hydrogens (primary N) is 1. The molecule has 0 unspecified atom stereocenters. The van der Waals surface area contributed by atoms with Crippen molar-refractivity contribution in [2.24, 2.45) is 5.73 Å². The number of halogens is 1. The minimum Gasteiger partial charge on any atom is -0.437 e. The third-order valence-electron chi connectivity index (χ3n) is 2.31. The third-order valence-corrected chi connectivity index (χ3v) is 3.02. The molecule has 0 bridgehead atoms. The Labute approximate surface area is 118 Å². The van der Waals surface area contributed by atoms with E-state index in [9.17, 15) is 0 Å². The number of hydrogen-bond donors (Lipinski definition) is 1. The van der Waals surface area contributed by atoms with Crippen molar-refractivity contribution in [1.82, 2.24) is 10.2 Å². The van der Waals surface area contributed by atoms with Crippen LogP contribution in [0.15, 0.2) is 34.9 Å². The van der Waals surface area contributed by atoms with E-state index in [1.807, 2.05) is 25.1 Å². The van der Waals surface area contributed by atoms with Gasteiger partial charge in [-0.25, -0.2) is 0 Å². The summed E-state index contributed by atoms with van der Waals surface area (Å²) in [6.07, 6.45) is 1.52. The molecule has 0 aliphatic rings. The lowest BCUT2D eigenvalue weighted by Gasteiger charge is -2.10. The van der Waals surface area contributed by atoms with Crippen LogP contribution in [0.3, 0.4) is 0 Å². The van der Waals surface area contributed by atoms with Crippen LogP contribution >= 0.6 is 28.1 Å². The molecule has 0 fully saturated rings. The molecule has 1 aromatic heterocycles. The Bertz CT molecular complexity index is 604. The molecule has 0 radical (unpaired) electrons. The van der Waals surface area contributed by atoms with E-state index in [0.717, 1.165) is 10.0 Å². The third kappa shape index (κ3) is 2.83. The van der Waals surface area contributed by atoms with Crippen LogP contribution in [0.2, 0.25) is 0 Å². The molecule has 0 aliphatic carbocycles. The standard InChI is InChI=1S/C12H10BrN3OS/c1-7-2-3-8(13)6-10(7)17-12-9(11(14)18)4-5-15-16-12/h2-6H,1H3,(H2,14,18). The first-order valence-electron chi connectivity index (χ1n) is 5.13. The average molecular weight is 324 g/mol. The van der Waals surface area contributed by atoms with Gasteiger partial charge in [0.25, 0.3) is 0 Å². The van der Waals surface area contributed by atoms with E-state index in [1.54, 1.807) is 6.07 Å². The highest BCUT2D eigenvalue weighted by Gasteiger charge is 2.10. The van der Waals surface area contributed by atoms with Gasteiger partial charge in [-0.3, -0.25) is 0 Å². The van der Waals surface area contributed by atoms with Gasteiger partial charge in [-0.05, 0) is 30.7 Å². The van der Waals surface area contributed by atoms with Crippen molar-refractivity contribution in [3.63, 3.8) is 0 Å². The average Bonchev–Trinajstić information content (AvgIpc) is 2.34. The highest BCUT2D eigenvalue weighted by Crippen LogP contribution is 2.28. The number of ether oxygens (including phenoxy) is 1. The number of benzene rings is 1. The summed E-state index contributed by atoms with van der Waals surface area (Å²) < 4.78 is 6.63. The van der Waals surface area contributed by atoms with Crippen LogP contribution in [-0.2, 0) is 0 Å². The summed E-state index contributed by atoms with van der Waals surface area (Å²) in [6.45, 7) is 1.94. The lowest BCUT2D eigenvalue weighted by atomic mass is 10.2. The second kappa shape index (κ2) is 5.41. The minimum atomic E-state index is 0.229. The van der Waals surface area contributed by atoms with E-state index in [0.29, 0.717) is 17.2 Å². The zero-order chi connectivity index (χ0) is 13.1. The Kier molecular flexibility index (Phi) is 3.88. The van der Waals surface area contributed by atoms with Gasteiger partial charge in [-0.2, -0.15) is 5.10 Å². The summed E-state index contributed by atoms with van der Waals surface area (Å²) >= 11 is 8.34. The molecule has 0 saturated carbocycles. The maximum absolute atomic E-state index is 5.71. The summed E-state index contributed by atoms with van der Waals surface area (Å²) in [4.78, 5) is 0.229. The zero-order valence-electron chi connectivity index (χ0n) is 9.55. The van der Waals surface area contributed by atoms with Gasteiger partial charge in [0.05, 0.1) is 11.8 Å². The molecule has 0 saturated heterocycles. The smallest absolute Gasteiger partial charge is 0.249 e. The molecule has 4 nitrogen and oxygen atoms in total. The van der Waals surface area contributed by atoms with Crippen LogP contribution in [0, 0.1) is 6.92 Å². The van der Waals surface area contributed by atoms with Crippen LogP contribution < -0.4 is 10.5 Å². The van der Waals surface area contributed by atoms with Gasteiger partial charge in [0.2, 0.25) is 5.88 Å². The summed E-state index contributed by atoms with van der Waals surface area (Å²) in [6, 6.07) is 7.41. The summed E-state index contributed by atoms with van der Waals surface area (Å²) in [5.74, 6) is 0.994. The van der Waals surface area contributed by atoms with Gasteiger partial charge in [0.15, 0.2) is 0 Å². The first-order valence-corrected chi connectivity index (χ1v) is 6.33. The Morgan fingerprint density at radius 3 is 2.89 bits per heavy atom. The van der Waals surface area contributed by atoms with Crippen molar-refractivity contribution >= 4 is 33.1 Å². The molecule has 1 aromatic carbocycles. The summed E-state index contributed by atoms with van der Waals surface area (Å²) in [5, 5.41) is 7.69. The first kappa shape index (κ1) is 12.9. The number of nitrogens with zero attached hydrogens (tertiary/aromatic N) is 2. The fourth-order valence-electron chi connectivity index (χ4n) is 1.37. The molecule has 1 heterocycles. The number of aryl methyl sites for hydroxylation is 1. The van der Waals surface area contributed by atoms with Crippen molar-refractivity contribution in [1.29, 1.82) is 0 Å². The Hall–Kier alpha value is -1.53. The first-order chi connectivity index (χ1) is 8.58. The number of hydrogen-bond acceptors (Lipinski definition) is 4. The van der Waals surface area contributed by atoms with Gasteiger partial charge in [0, 0.05) is 4.47 Å². The van der Waals surface area contributed by atoms with E-state index in [1.165, 1.54) is 6.20 Å². The number of aromatic nitrogens is 2. The van der Waals surface area contributed by atoms with Gasteiger partial charge in [-0.1, -0.05) is 34.2 Å². The highest BCUT2D eigenvalue weighted by molar-refractivity contribution is 9.10. The molecule has 6 heteroatoms. The normalized spacial score (nSPS) is 10.1. The molecule has 0 atom stereocenters. The Morgan fingerprint density at radius 1 is 1.39 bits per heavy atom. The lowest BCUT2D eigenvalue weighted by molar-refractivity contribution is 0.450. The van der Waals surface area contributed by atoms with E-state index in [4.69, 9.17) is 22.7 Å². The lowest BCUT2D eigenvalue weighted by Crippen LogP contribution is -2.12. The zero-order valence-corrected chi connectivity index (χ0v) is 12.0. The van der Waals surface area contributed by atoms with Crippen LogP contribution in [0.4, 0.5) is 0 Å². The van der Waals surface area contributed by atoms with Crippen molar-refractivity contribution in [3.8, 4) is 11.6 Å². The molecule has 0 aliphatic heterocycles. The largest absolute Gasteiger partial charge is 0.437 e. The van der Waals surface area contributed by atoms with E-state index in [2.05, 4.69) is 26.1 Å².